The molecule has 0 amide bonds. The molecule has 0 unspecified atom stereocenters. The van der Waals surface area contributed by atoms with E-state index in [1.807, 2.05) is 24.1 Å². The van der Waals surface area contributed by atoms with Gasteiger partial charge >= 0.3 is 5.97 Å². The van der Waals surface area contributed by atoms with E-state index < -0.39 is 5.97 Å². The Morgan fingerprint density at radius 3 is 2.67 bits per heavy atom. The summed E-state index contributed by atoms with van der Waals surface area (Å²) < 4.78 is 0. The van der Waals surface area contributed by atoms with Crippen LogP contribution in [0, 0.1) is 0 Å². The number of carbonyl (C=O) groups is 1. The molecule has 2 aromatic rings. The van der Waals surface area contributed by atoms with Gasteiger partial charge in [0.1, 0.15) is 0 Å². The highest BCUT2D eigenvalue weighted by molar-refractivity contribution is 5.85. The Morgan fingerprint density at radius 1 is 1.17 bits per heavy atom. The molecule has 2 aromatic carbocycles. The highest BCUT2D eigenvalue weighted by atomic mass is 16.4. The molecule has 0 radical (unpaired) electrons. The predicted molar refractivity (Wildman–Crippen MR) is 72.8 cm³/mol. The van der Waals surface area contributed by atoms with Crippen molar-refractivity contribution >= 4 is 16.7 Å². The maximum absolute atomic E-state index is 10.6. The minimum atomic E-state index is -0.782. The maximum Gasteiger partial charge on any atom is 0.317 e. The van der Waals surface area contributed by atoms with Crippen LogP contribution in [-0.2, 0) is 11.2 Å². The smallest absolute Gasteiger partial charge is 0.317 e. The second-order valence-electron chi connectivity index (χ2n) is 4.52. The van der Waals surface area contributed by atoms with Crippen LogP contribution in [0.1, 0.15) is 5.56 Å². The number of rotatable bonds is 5. The minimum absolute atomic E-state index is 0.0881. The Balaban J connectivity index is 2.10. The summed E-state index contributed by atoms with van der Waals surface area (Å²) in [5, 5.41) is 11.2. The van der Waals surface area contributed by atoms with Gasteiger partial charge in [-0.25, -0.2) is 0 Å². The van der Waals surface area contributed by atoms with E-state index in [9.17, 15) is 4.79 Å². The van der Waals surface area contributed by atoms with Gasteiger partial charge < -0.3 is 5.11 Å². The van der Waals surface area contributed by atoms with Crippen molar-refractivity contribution in [3.63, 3.8) is 0 Å². The summed E-state index contributed by atoms with van der Waals surface area (Å²) >= 11 is 0. The predicted octanol–water partition coefficient (Wildman–Crippen LogP) is 2.40. The summed E-state index contributed by atoms with van der Waals surface area (Å²) in [7, 11) is 1.83. The lowest BCUT2D eigenvalue weighted by molar-refractivity contribution is -0.137. The third kappa shape index (κ3) is 3.08. The van der Waals surface area contributed by atoms with Crippen LogP contribution < -0.4 is 0 Å². The second kappa shape index (κ2) is 5.65. The summed E-state index contributed by atoms with van der Waals surface area (Å²) in [6, 6.07) is 14.5. The molecule has 0 aliphatic heterocycles. The Morgan fingerprint density at radius 2 is 1.89 bits per heavy atom. The van der Waals surface area contributed by atoms with E-state index in [0.717, 1.165) is 13.0 Å². The lowest BCUT2D eigenvalue weighted by atomic mass is 10.0. The quantitative estimate of drug-likeness (QED) is 0.876. The number of likely N-dealkylation sites (N-methyl/N-ethyl adjacent to an activating group) is 1. The van der Waals surface area contributed by atoms with Gasteiger partial charge in [-0.1, -0.05) is 42.5 Å². The van der Waals surface area contributed by atoms with Crippen LogP contribution in [0.3, 0.4) is 0 Å². The number of hydrogen-bond donors (Lipinski definition) is 1. The highest BCUT2D eigenvalue weighted by Gasteiger charge is 2.05. The van der Waals surface area contributed by atoms with Gasteiger partial charge in [-0.3, -0.25) is 9.69 Å². The molecule has 2 rings (SSSR count). The van der Waals surface area contributed by atoms with Gasteiger partial charge in [-0.05, 0) is 29.8 Å². The van der Waals surface area contributed by atoms with Crippen molar-refractivity contribution in [1.82, 2.24) is 4.90 Å². The van der Waals surface area contributed by atoms with E-state index in [0.29, 0.717) is 0 Å². The highest BCUT2D eigenvalue weighted by Crippen LogP contribution is 2.18. The zero-order valence-electron chi connectivity index (χ0n) is 10.5. The SMILES string of the molecule is CN(CCc1cccc2ccccc12)CC(=O)O. The van der Waals surface area contributed by atoms with E-state index in [1.165, 1.54) is 16.3 Å². The lowest BCUT2D eigenvalue weighted by Gasteiger charge is -2.14. The topological polar surface area (TPSA) is 40.5 Å². The molecule has 0 saturated heterocycles. The Kier molecular flexibility index (Phi) is 3.95. The summed E-state index contributed by atoms with van der Waals surface area (Å²) in [4.78, 5) is 12.4. The monoisotopic (exact) mass is 243 g/mol. The molecule has 0 fully saturated rings. The summed E-state index contributed by atoms with van der Waals surface area (Å²) in [5.41, 5.74) is 1.27. The molecule has 0 saturated carbocycles. The Bertz CT molecular complexity index is 546. The van der Waals surface area contributed by atoms with Crippen LogP contribution in [0.15, 0.2) is 42.5 Å². The molecule has 0 spiro atoms. The van der Waals surface area contributed by atoms with Crippen LogP contribution in [0.2, 0.25) is 0 Å². The fourth-order valence-corrected chi connectivity index (χ4v) is 2.13. The molecule has 0 bridgehead atoms. The summed E-state index contributed by atoms with van der Waals surface area (Å²) in [6.07, 6.45) is 0.866. The molecule has 0 aromatic heterocycles. The van der Waals surface area contributed by atoms with Gasteiger partial charge in [0.2, 0.25) is 0 Å². The molecule has 1 N–H and O–H groups in total. The molecule has 94 valence electrons. The zero-order valence-corrected chi connectivity index (χ0v) is 10.5. The fraction of sp³-hybridized carbons (Fsp3) is 0.267. The molecule has 0 aliphatic rings. The van der Waals surface area contributed by atoms with Crippen LogP contribution >= 0.6 is 0 Å². The van der Waals surface area contributed by atoms with Crippen molar-refractivity contribution < 1.29 is 9.90 Å². The number of hydrogen-bond acceptors (Lipinski definition) is 2. The van der Waals surface area contributed by atoms with E-state index in [2.05, 4.69) is 30.3 Å². The van der Waals surface area contributed by atoms with E-state index in [-0.39, 0.29) is 6.54 Å². The number of benzene rings is 2. The summed E-state index contributed by atoms with van der Waals surface area (Å²) in [6.45, 7) is 0.838. The average molecular weight is 243 g/mol. The van der Waals surface area contributed by atoms with Crippen molar-refractivity contribution in [1.29, 1.82) is 0 Å². The van der Waals surface area contributed by atoms with E-state index >= 15 is 0 Å². The number of nitrogens with zero attached hydrogens (tertiary/aromatic N) is 1. The minimum Gasteiger partial charge on any atom is -0.480 e. The van der Waals surface area contributed by atoms with Gasteiger partial charge in [0, 0.05) is 6.54 Å². The standard InChI is InChI=1S/C15H17NO2/c1-16(11-15(17)18)10-9-13-7-4-6-12-5-2-3-8-14(12)13/h2-8H,9-11H2,1H3,(H,17,18). The van der Waals surface area contributed by atoms with E-state index in [4.69, 9.17) is 5.11 Å². The van der Waals surface area contributed by atoms with Crippen LogP contribution in [0.4, 0.5) is 0 Å². The number of fused-ring (bicyclic) bond motifs is 1. The zero-order chi connectivity index (χ0) is 13.0. The first-order valence-electron chi connectivity index (χ1n) is 6.04. The fourth-order valence-electron chi connectivity index (χ4n) is 2.13. The third-order valence-electron chi connectivity index (χ3n) is 3.05. The summed E-state index contributed by atoms with van der Waals surface area (Å²) in [5.74, 6) is -0.782. The van der Waals surface area contributed by atoms with Crippen molar-refractivity contribution in [2.24, 2.45) is 0 Å². The van der Waals surface area contributed by atoms with Crippen LogP contribution in [0.25, 0.3) is 10.8 Å². The second-order valence-corrected chi connectivity index (χ2v) is 4.52. The first-order valence-corrected chi connectivity index (χ1v) is 6.04. The molecule has 18 heavy (non-hydrogen) atoms. The van der Waals surface area contributed by atoms with Crippen LogP contribution in [0.5, 0.6) is 0 Å². The van der Waals surface area contributed by atoms with Crippen molar-refractivity contribution in [3.8, 4) is 0 Å². The van der Waals surface area contributed by atoms with Crippen molar-refractivity contribution in [2.45, 2.75) is 6.42 Å². The maximum atomic E-state index is 10.6. The number of carboxylic acids is 1. The number of aliphatic carboxylic acids is 1. The average Bonchev–Trinajstić information content (AvgIpc) is 2.35. The van der Waals surface area contributed by atoms with Crippen molar-refractivity contribution in [3.05, 3.63) is 48.0 Å². The lowest BCUT2D eigenvalue weighted by Crippen LogP contribution is -2.27. The van der Waals surface area contributed by atoms with Crippen LogP contribution in [-0.4, -0.2) is 36.1 Å². The molecule has 3 heteroatoms. The first kappa shape index (κ1) is 12.6. The van der Waals surface area contributed by atoms with Gasteiger partial charge in [0.05, 0.1) is 6.54 Å². The molecule has 0 atom stereocenters. The molecular formula is C15H17NO2. The van der Waals surface area contributed by atoms with Gasteiger partial charge in [-0.2, -0.15) is 0 Å². The third-order valence-corrected chi connectivity index (χ3v) is 3.05. The van der Waals surface area contributed by atoms with E-state index in [1.54, 1.807) is 0 Å². The van der Waals surface area contributed by atoms with Gasteiger partial charge in [-0.15, -0.1) is 0 Å². The molecule has 3 nitrogen and oxygen atoms in total. The number of carboxylic acid groups (broad SMARTS) is 1. The normalized spacial score (nSPS) is 11.0. The largest absolute Gasteiger partial charge is 0.480 e. The Hall–Kier alpha value is -1.87. The molecule has 0 heterocycles. The molecule has 0 aliphatic carbocycles. The van der Waals surface area contributed by atoms with Crippen molar-refractivity contribution in [2.75, 3.05) is 20.1 Å². The first-order chi connectivity index (χ1) is 8.66. The molecular weight excluding hydrogens is 226 g/mol. The Labute approximate surface area is 107 Å². The van der Waals surface area contributed by atoms with Gasteiger partial charge in [0.15, 0.2) is 0 Å². The van der Waals surface area contributed by atoms with Gasteiger partial charge in [0.25, 0.3) is 0 Å².